The van der Waals surface area contributed by atoms with Gasteiger partial charge in [0.25, 0.3) is 10.0 Å². The minimum atomic E-state index is -4.10. The van der Waals surface area contributed by atoms with Gasteiger partial charge in [0.15, 0.2) is 0 Å². The second kappa shape index (κ2) is 14.7. The average molecular weight is 610 g/mol. The molecule has 2 amide bonds. The predicted octanol–water partition coefficient (Wildman–Crippen LogP) is 6.35. The van der Waals surface area contributed by atoms with Crippen LogP contribution in [-0.2, 0) is 32.6 Å². The molecule has 1 fully saturated rings. The third-order valence-electron chi connectivity index (χ3n) is 7.88. The van der Waals surface area contributed by atoms with Gasteiger partial charge >= 0.3 is 0 Å². The zero-order chi connectivity index (χ0) is 30.1. The van der Waals surface area contributed by atoms with Gasteiger partial charge in [0.2, 0.25) is 11.8 Å². The van der Waals surface area contributed by atoms with E-state index in [1.807, 2.05) is 38.1 Å². The van der Waals surface area contributed by atoms with Crippen LogP contribution in [0.2, 0.25) is 5.02 Å². The molecule has 1 N–H and O–H groups in total. The van der Waals surface area contributed by atoms with Crippen LogP contribution in [0.15, 0.2) is 83.8 Å². The molecular formula is C33H40ClN3O4S. The van der Waals surface area contributed by atoms with Crippen LogP contribution in [0.1, 0.15) is 63.5 Å². The second-order valence-corrected chi connectivity index (χ2v) is 13.0. The van der Waals surface area contributed by atoms with Gasteiger partial charge in [0, 0.05) is 17.6 Å². The first kappa shape index (κ1) is 31.6. The normalized spacial score (nSPS) is 14.6. The molecule has 42 heavy (non-hydrogen) atoms. The number of aryl methyl sites for hydroxylation is 1. The molecule has 1 aliphatic carbocycles. The molecule has 3 aromatic rings. The predicted molar refractivity (Wildman–Crippen MR) is 168 cm³/mol. The van der Waals surface area contributed by atoms with Crippen molar-refractivity contribution in [2.75, 3.05) is 10.8 Å². The van der Waals surface area contributed by atoms with Crippen molar-refractivity contribution in [1.29, 1.82) is 0 Å². The lowest BCUT2D eigenvalue weighted by Crippen LogP contribution is -2.54. The van der Waals surface area contributed by atoms with Crippen molar-refractivity contribution in [2.45, 2.75) is 82.3 Å². The second-order valence-electron chi connectivity index (χ2n) is 10.7. The molecular weight excluding hydrogens is 570 g/mol. The molecule has 0 bridgehead atoms. The minimum absolute atomic E-state index is 0.0725. The van der Waals surface area contributed by atoms with E-state index in [1.165, 1.54) is 17.0 Å². The molecule has 1 aliphatic rings. The number of anilines is 1. The lowest BCUT2D eigenvalue weighted by molar-refractivity contribution is -0.140. The summed E-state index contributed by atoms with van der Waals surface area (Å²) in [4.78, 5) is 29.4. The molecule has 224 valence electrons. The monoisotopic (exact) mass is 609 g/mol. The number of hydrogen-bond acceptors (Lipinski definition) is 4. The first-order chi connectivity index (χ1) is 20.2. The Bertz CT molecular complexity index is 1440. The zero-order valence-corrected chi connectivity index (χ0v) is 25.9. The Labute approximate surface area is 254 Å². The van der Waals surface area contributed by atoms with E-state index >= 15 is 0 Å². The number of halogens is 1. The van der Waals surface area contributed by atoms with Gasteiger partial charge < -0.3 is 10.2 Å². The van der Waals surface area contributed by atoms with Gasteiger partial charge in [0.05, 0.1) is 10.6 Å². The Hall–Kier alpha value is -3.36. The highest BCUT2D eigenvalue weighted by molar-refractivity contribution is 7.92. The first-order valence-corrected chi connectivity index (χ1v) is 16.6. The van der Waals surface area contributed by atoms with Gasteiger partial charge in [-0.05, 0) is 67.1 Å². The molecule has 1 saturated carbocycles. The van der Waals surface area contributed by atoms with Crippen LogP contribution in [0.4, 0.5) is 5.69 Å². The molecule has 3 aromatic carbocycles. The van der Waals surface area contributed by atoms with E-state index in [9.17, 15) is 18.0 Å². The summed E-state index contributed by atoms with van der Waals surface area (Å²) < 4.78 is 29.0. The van der Waals surface area contributed by atoms with E-state index in [-0.39, 0.29) is 23.4 Å². The minimum Gasteiger partial charge on any atom is -0.352 e. The van der Waals surface area contributed by atoms with Crippen LogP contribution in [0, 0.1) is 0 Å². The first-order valence-electron chi connectivity index (χ1n) is 14.7. The fourth-order valence-corrected chi connectivity index (χ4v) is 7.05. The van der Waals surface area contributed by atoms with Crippen molar-refractivity contribution < 1.29 is 18.0 Å². The van der Waals surface area contributed by atoms with Gasteiger partial charge in [-0.3, -0.25) is 13.9 Å². The van der Waals surface area contributed by atoms with Gasteiger partial charge in [-0.25, -0.2) is 8.42 Å². The zero-order valence-electron chi connectivity index (χ0n) is 24.3. The lowest BCUT2D eigenvalue weighted by atomic mass is 9.95. The number of sulfonamides is 1. The van der Waals surface area contributed by atoms with E-state index in [4.69, 9.17) is 11.6 Å². The number of carbonyl (C=O) groups excluding carboxylic acids is 2. The summed E-state index contributed by atoms with van der Waals surface area (Å²) in [5.41, 5.74) is 2.11. The molecule has 0 unspecified atom stereocenters. The number of amides is 2. The lowest BCUT2D eigenvalue weighted by Gasteiger charge is -2.34. The summed E-state index contributed by atoms with van der Waals surface area (Å²) in [6.45, 7) is 3.48. The third-order valence-corrected chi connectivity index (χ3v) is 10.0. The molecule has 0 heterocycles. The van der Waals surface area contributed by atoms with Crippen LogP contribution < -0.4 is 9.62 Å². The molecule has 7 nitrogen and oxygen atoms in total. The SMILES string of the molecule is CCc1ccc(N(CC(=O)N(Cc2ccccc2Cl)[C@@H](CC)C(=O)NC2CCCCC2)S(=O)(=O)c2ccccc2)cc1. The number of rotatable bonds is 12. The Morgan fingerprint density at radius 3 is 2.17 bits per heavy atom. The molecule has 0 aliphatic heterocycles. The van der Waals surface area contributed by atoms with Gasteiger partial charge in [-0.1, -0.05) is 93.2 Å². The van der Waals surface area contributed by atoms with E-state index in [1.54, 1.807) is 42.5 Å². The largest absolute Gasteiger partial charge is 0.352 e. The summed E-state index contributed by atoms with van der Waals surface area (Å²) in [7, 11) is -4.10. The fourth-order valence-electron chi connectivity index (χ4n) is 5.42. The number of hydrogen-bond donors (Lipinski definition) is 1. The number of benzene rings is 3. The summed E-state index contributed by atoms with van der Waals surface area (Å²) in [5, 5.41) is 3.64. The van der Waals surface area contributed by atoms with Crippen molar-refractivity contribution in [3.8, 4) is 0 Å². The highest BCUT2D eigenvalue weighted by Crippen LogP contribution is 2.26. The summed E-state index contributed by atoms with van der Waals surface area (Å²) in [6, 6.07) is 21.7. The van der Waals surface area contributed by atoms with E-state index in [0.29, 0.717) is 22.7 Å². The summed E-state index contributed by atoms with van der Waals surface area (Å²) in [6.07, 6.45) is 6.27. The van der Waals surface area contributed by atoms with Crippen LogP contribution in [0.3, 0.4) is 0 Å². The van der Waals surface area contributed by atoms with Crippen molar-refractivity contribution in [1.82, 2.24) is 10.2 Å². The maximum atomic E-state index is 14.2. The highest BCUT2D eigenvalue weighted by Gasteiger charge is 2.34. The van der Waals surface area contributed by atoms with Gasteiger partial charge in [-0.15, -0.1) is 0 Å². The summed E-state index contributed by atoms with van der Waals surface area (Å²) >= 11 is 6.49. The smallest absolute Gasteiger partial charge is 0.264 e. The van der Waals surface area contributed by atoms with Crippen LogP contribution in [-0.4, -0.2) is 43.8 Å². The topological polar surface area (TPSA) is 86.8 Å². The average Bonchev–Trinajstić information content (AvgIpc) is 3.01. The molecule has 0 spiro atoms. The van der Waals surface area contributed by atoms with E-state index in [2.05, 4.69) is 5.32 Å². The van der Waals surface area contributed by atoms with E-state index < -0.39 is 28.5 Å². The third kappa shape index (κ3) is 7.72. The maximum Gasteiger partial charge on any atom is 0.264 e. The molecule has 9 heteroatoms. The number of nitrogens with zero attached hydrogens (tertiary/aromatic N) is 2. The summed E-state index contributed by atoms with van der Waals surface area (Å²) in [5.74, 6) is -0.714. The van der Waals surface area contributed by atoms with Crippen molar-refractivity contribution in [3.63, 3.8) is 0 Å². The maximum absolute atomic E-state index is 14.2. The van der Waals surface area contributed by atoms with E-state index in [0.717, 1.165) is 48.4 Å². The fraction of sp³-hybridized carbons (Fsp3) is 0.394. The van der Waals surface area contributed by atoms with Crippen molar-refractivity contribution >= 4 is 39.1 Å². The number of nitrogens with one attached hydrogen (secondary N) is 1. The van der Waals surface area contributed by atoms with Gasteiger partial charge in [0.1, 0.15) is 12.6 Å². The standard InChI is InChI=1S/C33H40ClN3O4S/c1-3-25-19-21-28(22-20-25)37(42(40,41)29-16-9-6-10-17-29)24-32(38)36(23-26-13-11-12-18-30(26)34)31(4-2)33(39)35-27-14-7-5-8-15-27/h6,9-13,16-22,27,31H,3-5,7-8,14-15,23-24H2,1-2H3,(H,35,39)/t31-/m0/s1. The quantitative estimate of drug-likeness (QED) is 0.259. The van der Waals surface area contributed by atoms with Gasteiger partial charge in [-0.2, -0.15) is 0 Å². The molecule has 0 aromatic heterocycles. The van der Waals surface area contributed by atoms with Crippen molar-refractivity contribution in [3.05, 3.63) is 95.0 Å². The molecule has 1 atom stereocenters. The Morgan fingerprint density at radius 2 is 1.55 bits per heavy atom. The molecule has 0 saturated heterocycles. The molecule has 0 radical (unpaired) electrons. The Balaban J connectivity index is 1.70. The van der Waals surface area contributed by atoms with Crippen LogP contribution in [0.5, 0.6) is 0 Å². The number of carbonyl (C=O) groups is 2. The van der Waals surface area contributed by atoms with Crippen molar-refractivity contribution in [2.24, 2.45) is 0 Å². The highest BCUT2D eigenvalue weighted by atomic mass is 35.5. The Morgan fingerprint density at radius 1 is 0.905 bits per heavy atom. The van der Waals surface area contributed by atoms with Crippen LogP contribution in [0.25, 0.3) is 0 Å². The Kier molecular flexibility index (Phi) is 11.0. The van der Waals surface area contributed by atoms with Crippen LogP contribution >= 0.6 is 11.6 Å². The molecule has 4 rings (SSSR count).